The minimum absolute atomic E-state index is 0.997. The Morgan fingerprint density at radius 2 is 1.79 bits per heavy atom. The summed E-state index contributed by atoms with van der Waals surface area (Å²) < 4.78 is 2.37. The molecule has 0 N–H and O–H groups in total. The minimum atomic E-state index is 0.997. The molecule has 0 bridgehead atoms. The van der Waals surface area contributed by atoms with E-state index in [1.54, 1.807) is 0 Å². The molecule has 0 amide bonds. The van der Waals surface area contributed by atoms with Gasteiger partial charge < -0.3 is 0 Å². The van der Waals surface area contributed by atoms with Gasteiger partial charge in [-0.3, -0.25) is 0 Å². The Kier molecular flexibility index (Phi) is 2.08. The first-order chi connectivity index (χ1) is 9.24. The summed E-state index contributed by atoms with van der Waals surface area (Å²) in [5.74, 6) is 0. The summed E-state index contributed by atoms with van der Waals surface area (Å²) in [7, 11) is 0. The van der Waals surface area contributed by atoms with Crippen LogP contribution in [0.2, 0.25) is 0 Å². The number of rotatable bonds is 0. The second-order valence-electron chi connectivity index (χ2n) is 5.47. The number of pyridine rings is 1. The second-order valence-corrected chi connectivity index (χ2v) is 5.47. The van der Waals surface area contributed by atoms with Crippen molar-refractivity contribution in [2.24, 2.45) is 0 Å². The number of nitrogens with zero attached hydrogens (tertiary/aromatic N) is 1. The van der Waals surface area contributed by atoms with E-state index in [4.69, 9.17) is 0 Å². The lowest BCUT2D eigenvalue weighted by Crippen LogP contribution is -2.32. The van der Waals surface area contributed by atoms with Crippen molar-refractivity contribution in [3.8, 4) is 11.3 Å². The zero-order valence-corrected chi connectivity index (χ0v) is 11.3. The standard InChI is InChI=1S/C18H16N/c1-12-9-17-18-15(11-19(17)10-13(12)2)8-7-14-5-3-4-6-16(14)18/h3-10H,11H2,1-2H3/q+1. The summed E-state index contributed by atoms with van der Waals surface area (Å²) in [5.41, 5.74) is 6.94. The first-order valence-corrected chi connectivity index (χ1v) is 6.76. The van der Waals surface area contributed by atoms with E-state index < -0.39 is 0 Å². The van der Waals surface area contributed by atoms with Crippen LogP contribution in [0.1, 0.15) is 16.7 Å². The number of fused-ring (bicyclic) bond motifs is 5. The molecule has 1 nitrogen and oxygen atoms in total. The van der Waals surface area contributed by atoms with E-state index in [9.17, 15) is 0 Å². The molecule has 3 aromatic rings. The van der Waals surface area contributed by atoms with Crippen LogP contribution in [0.5, 0.6) is 0 Å². The molecule has 0 saturated carbocycles. The van der Waals surface area contributed by atoms with Crippen molar-refractivity contribution in [2.45, 2.75) is 20.4 Å². The fraction of sp³-hybridized carbons (Fsp3) is 0.167. The molecule has 0 saturated heterocycles. The van der Waals surface area contributed by atoms with Gasteiger partial charge in [0, 0.05) is 17.2 Å². The largest absolute Gasteiger partial charge is 0.214 e. The second kappa shape index (κ2) is 3.67. The van der Waals surface area contributed by atoms with Gasteiger partial charge in [-0.25, -0.2) is 0 Å². The third-order valence-electron chi connectivity index (χ3n) is 4.25. The number of hydrogen-bond acceptors (Lipinski definition) is 0. The number of benzene rings is 2. The van der Waals surface area contributed by atoms with E-state index >= 15 is 0 Å². The summed E-state index contributed by atoms with van der Waals surface area (Å²) in [5, 5.41) is 2.70. The third kappa shape index (κ3) is 1.45. The molecule has 0 atom stereocenters. The van der Waals surface area contributed by atoms with Crippen molar-refractivity contribution in [1.82, 2.24) is 0 Å². The average Bonchev–Trinajstić information content (AvgIpc) is 2.77. The molecule has 1 aromatic heterocycles. The van der Waals surface area contributed by atoms with Gasteiger partial charge >= 0.3 is 0 Å². The van der Waals surface area contributed by atoms with Crippen LogP contribution >= 0.6 is 0 Å². The van der Waals surface area contributed by atoms with Crippen molar-refractivity contribution in [1.29, 1.82) is 0 Å². The van der Waals surface area contributed by atoms with Gasteiger partial charge in [0.15, 0.2) is 12.7 Å². The fourth-order valence-electron chi connectivity index (χ4n) is 3.09. The molecule has 4 rings (SSSR count). The van der Waals surface area contributed by atoms with E-state index in [0.717, 1.165) is 6.54 Å². The molecule has 1 aliphatic rings. The van der Waals surface area contributed by atoms with Gasteiger partial charge in [-0.1, -0.05) is 36.4 Å². The Morgan fingerprint density at radius 1 is 0.947 bits per heavy atom. The van der Waals surface area contributed by atoms with Crippen LogP contribution in [-0.2, 0) is 6.54 Å². The fourth-order valence-corrected chi connectivity index (χ4v) is 3.09. The van der Waals surface area contributed by atoms with E-state index in [1.807, 2.05) is 0 Å². The van der Waals surface area contributed by atoms with Crippen LogP contribution in [0.3, 0.4) is 0 Å². The molecular weight excluding hydrogens is 230 g/mol. The minimum Gasteiger partial charge on any atom is -0.194 e. The Balaban J connectivity index is 2.12. The summed E-state index contributed by atoms with van der Waals surface area (Å²) in [6.45, 7) is 5.37. The molecule has 0 fully saturated rings. The monoisotopic (exact) mass is 246 g/mol. The van der Waals surface area contributed by atoms with Gasteiger partial charge in [-0.15, -0.1) is 0 Å². The van der Waals surface area contributed by atoms with Crippen molar-refractivity contribution >= 4 is 10.8 Å². The topological polar surface area (TPSA) is 3.88 Å². The highest BCUT2D eigenvalue weighted by molar-refractivity contribution is 5.97. The van der Waals surface area contributed by atoms with E-state index in [2.05, 4.69) is 67.1 Å². The quantitative estimate of drug-likeness (QED) is 0.416. The summed E-state index contributed by atoms with van der Waals surface area (Å²) in [6.07, 6.45) is 2.28. The van der Waals surface area contributed by atoms with E-state index in [1.165, 1.54) is 38.7 Å². The number of hydrogen-bond donors (Lipinski definition) is 0. The van der Waals surface area contributed by atoms with Crippen molar-refractivity contribution in [3.05, 3.63) is 65.4 Å². The van der Waals surface area contributed by atoms with Gasteiger partial charge in [-0.05, 0) is 30.2 Å². The Bertz CT molecular complexity index is 815. The van der Waals surface area contributed by atoms with Crippen LogP contribution in [0.25, 0.3) is 22.0 Å². The van der Waals surface area contributed by atoms with Gasteiger partial charge in [0.25, 0.3) is 0 Å². The highest BCUT2D eigenvalue weighted by Crippen LogP contribution is 2.34. The molecule has 0 unspecified atom stereocenters. The molecule has 0 spiro atoms. The molecule has 0 radical (unpaired) electrons. The summed E-state index contributed by atoms with van der Waals surface area (Å²) in [6, 6.07) is 15.5. The molecule has 1 aliphatic heterocycles. The molecule has 1 heteroatoms. The van der Waals surface area contributed by atoms with Crippen LogP contribution in [0.4, 0.5) is 0 Å². The van der Waals surface area contributed by atoms with Crippen molar-refractivity contribution < 1.29 is 4.57 Å². The normalized spacial score (nSPS) is 12.5. The lowest BCUT2D eigenvalue weighted by molar-refractivity contribution is -0.672. The lowest BCUT2D eigenvalue weighted by Gasteiger charge is -2.03. The third-order valence-corrected chi connectivity index (χ3v) is 4.25. The van der Waals surface area contributed by atoms with Crippen LogP contribution < -0.4 is 4.57 Å². The van der Waals surface area contributed by atoms with Gasteiger partial charge in [0.2, 0.25) is 5.69 Å². The maximum absolute atomic E-state index is 2.37. The molecular formula is C18H16N+. The first-order valence-electron chi connectivity index (χ1n) is 6.76. The lowest BCUT2D eigenvalue weighted by atomic mass is 9.98. The van der Waals surface area contributed by atoms with Crippen LogP contribution in [-0.4, -0.2) is 0 Å². The molecule has 0 aliphatic carbocycles. The van der Waals surface area contributed by atoms with Gasteiger partial charge in [0.05, 0.1) is 5.56 Å². The maximum Gasteiger partial charge on any atom is 0.214 e. The predicted octanol–water partition coefficient (Wildman–Crippen LogP) is 3.77. The van der Waals surface area contributed by atoms with E-state index in [-0.39, 0.29) is 0 Å². The molecule has 19 heavy (non-hydrogen) atoms. The first kappa shape index (κ1) is 10.7. The molecule has 92 valence electrons. The number of aromatic nitrogens is 1. The number of aryl methyl sites for hydroxylation is 2. The molecule has 2 heterocycles. The van der Waals surface area contributed by atoms with Crippen LogP contribution in [0.15, 0.2) is 48.7 Å². The Hall–Kier alpha value is -2.15. The Labute approximate surface area is 113 Å². The van der Waals surface area contributed by atoms with Crippen molar-refractivity contribution in [3.63, 3.8) is 0 Å². The zero-order valence-electron chi connectivity index (χ0n) is 11.3. The maximum atomic E-state index is 2.37. The van der Waals surface area contributed by atoms with Crippen LogP contribution in [0, 0.1) is 13.8 Å². The molecule has 2 aromatic carbocycles. The van der Waals surface area contributed by atoms with Crippen molar-refractivity contribution in [2.75, 3.05) is 0 Å². The highest BCUT2D eigenvalue weighted by Gasteiger charge is 2.28. The summed E-state index contributed by atoms with van der Waals surface area (Å²) >= 11 is 0. The predicted molar refractivity (Wildman–Crippen MR) is 78.2 cm³/mol. The van der Waals surface area contributed by atoms with E-state index in [0.29, 0.717) is 0 Å². The summed E-state index contributed by atoms with van der Waals surface area (Å²) in [4.78, 5) is 0. The SMILES string of the molecule is Cc1cc2[n+](cc1C)Cc1ccc3ccccc3c1-2. The van der Waals surface area contributed by atoms with Gasteiger partial charge in [-0.2, -0.15) is 4.57 Å². The smallest absolute Gasteiger partial charge is 0.194 e. The average molecular weight is 246 g/mol. The highest BCUT2D eigenvalue weighted by atomic mass is 15.0. The zero-order chi connectivity index (χ0) is 13.0. The van der Waals surface area contributed by atoms with Gasteiger partial charge in [0.1, 0.15) is 0 Å². The Morgan fingerprint density at radius 3 is 2.68 bits per heavy atom.